The van der Waals surface area contributed by atoms with Crippen LogP contribution in [0.25, 0.3) is 0 Å². The first kappa shape index (κ1) is 16.7. The van der Waals surface area contributed by atoms with Crippen LogP contribution in [0, 0.1) is 13.8 Å². The number of hydrogen-bond donors (Lipinski definition) is 0. The normalized spacial score (nSPS) is 10.9. The van der Waals surface area contributed by atoms with Crippen LogP contribution in [-0.2, 0) is 0 Å². The summed E-state index contributed by atoms with van der Waals surface area (Å²) in [6.07, 6.45) is 2.15. The van der Waals surface area contributed by atoms with Crippen LogP contribution in [0.15, 0.2) is 12.1 Å². The average molecular weight is 277 g/mol. The number of rotatable bonds is 8. The second-order valence-electron chi connectivity index (χ2n) is 5.26. The third kappa shape index (κ3) is 4.07. The number of methoxy groups -OCH3 is 1. The van der Waals surface area contributed by atoms with Crippen LogP contribution in [0.3, 0.4) is 0 Å². The van der Waals surface area contributed by atoms with Crippen molar-refractivity contribution in [1.29, 1.82) is 0 Å². The first-order valence-electron chi connectivity index (χ1n) is 7.44. The summed E-state index contributed by atoms with van der Waals surface area (Å²) in [5, 5.41) is 0. The lowest BCUT2D eigenvalue weighted by molar-refractivity contribution is 0.0930. The maximum Gasteiger partial charge on any atom is 0.177 e. The molecule has 20 heavy (non-hydrogen) atoms. The van der Waals surface area contributed by atoms with Crippen molar-refractivity contribution < 1.29 is 9.53 Å². The van der Waals surface area contributed by atoms with Crippen LogP contribution in [0.1, 0.15) is 48.2 Å². The minimum atomic E-state index is 0.204. The van der Waals surface area contributed by atoms with Gasteiger partial charge in [0.05, 0.1) is 13.7 Å². The second kappa shape index (κ2) is 8.05. The van der Waals surface area contributed by atoms with Gasteiger partial charge in [0.2, 0.25) is 0 Å². The molecule has 3 heteroatoms. The molecule has 0 saturated heterocycles. The van der Waals surface area contributed by atoms with Crippen LogP contribution in [0.5, 0.6) is 5.75 Å². The van der Waals surface area contributed by atoms with Crippen LogP contribution >= 0.6 is 0 Å². The van der Waals surface area contributed by atoms with E-state index in [1.54, 1.807) is 7.11 Å². The molecular formula is C17H27NO2. The van der Waals surface area contributed by atoms with Gasteiger partial charge in [0.25, 0.3) is 0 Å². The average Bonchev–Trinajstić information content (AvgIpc) is 2.42. The van der Waals surface area contributed by atoms with E-state index in [1.165, 1.54) is 0 Å². The van der Waals surface area contributed by atoms with Crippen LogP contribution in [0.2, 0.25) is 0 Å². The number of ether oxygens (including phenoxy) is 1. The van der Waals surface area contributed by atoms with Gasteiger partial charge in [-0.25, -0.2) is 0 Å². The summed E-state index contributed by atoms with van der Waals surface area (Å²) >= 11 is 0. The first-order valence-corrected chi connectivity index (χ1v) is 7.44. The molecule has 0 saturated carbocycles. The maximum absolute atomic E-state index is 12.5. The molecule has 0 spiro atoms. The number of ketones is 1. The van der Waals surface area contributed by atoms with Crippen molar-refractivity contribution in [2.24, 2.45) is 0 Å². The fourth-order valence-electron chi connectivity index (χ4n) is 2.51. The summed E-state index contributed by atoms with van der Waals surface area (Å²) in [6.45, 7) is 10.8. The van der Waals surface area contributed by atoms with E-state index in [0.29, 0.717) is 6.54 Å². The zero-order valence-corrected chi connectivity index (χ0v) is 13.5. The predicted molar refractivity (Wildman–Crippen MR) is 83.8 cm³/mol. The Morgan fingerprint density at radius 3 is 2.20 bits per heavy atom. The van der Waals surface area contributed by atoms with Crippen molar-refractivity contribution in [3.63, 3.8) is 0 Å². The van der Waals surface area contributed by atoms with Crippen LogP contribution < -0.4 is 4.74 Å². The van der Waals surface area contributed by atoms with Gasteiger partial charge in [-0.05, 0) is 63.0 Å². The monoisotopic (exact) mass is 277 g/mol. The molecule has 0 heterocycles. The zero-order chi connectivity index (χ0) is 15.1. The molecule has 0 N–H and O–H groups in total. The van der Waals surface area contributed by atoms with Crippen molar-refractivity contribution in [2.75, 3.05) is 26.7 Å². The molecule has 0 unspecified atom stereocenters. The van der Waals surface area contributed by atoms with Crippen LogP contribution in [0.4, 0.5) is 0 Å². The third-order valence-electron chi connectivity index (χ3n) is 3.70. The van der Waals surface area contributed by atoms with E-state index in [9.17, 15) is 4.79 Å². The van der Waals surface area contributed by atoms with E-state index in [4.69, 9.17) is 4.74 Å². The zero-order valence-electron chi connectivity index (χ0n) is 13.5. The summed E-state index contributed by atoms with van der Waals surface area (Å²) in [5.41, 5.74) is 2.90. The van der Waals surface area contributed by atoms with Crippen molar-refractivity contribution in [2.45, 2.75) is 40.5 Å². The molecule has 0 aromatic heterocycles. The Morgan fingerprint density at radius 1 is 1.10 bits per heavy atom. The quantitative estimate of drug-likeness (QED) is 0.680. The van der Waals surface area contributed by atoms with Gasteiger partial charge >= 0.3 is 0 Å². The van der Waals surface area contributed by atoms with E-state index in [0.717, 1.165) is 48.4 Å². The third-order valence-corrected chi connectivity index (χ3v) is 3.70. The molecule has 1 aromatic rings. The number of benzene rings is 1. The summed E-state index contributed by atoms with van der Waals surface area (Å²) < 4.78 is 5.30. The molecule has 0 aliphatic carbocycles. The molecule has 112 valence electrons. The molecule has 0 aliphatic heterocycles. The molecular weight excluding hydrogens is 250 g/mol. The molecule has 0 atom stereocenters. The van der Waals surface area contributed by atoms with E-state index in [1.807, 2.05) is 26.0 Å². The van der Waals surface area contributed by atoms with Gasteiger partial charge in [0.1, 0.15) is 5.75 Å². The SMILES string of the molecule is CCCN(CCC)CC(=O)c1ccc(OC)c(C)c1C. The van der Waals surface area contributed by atoms with Gasteiger partial charge in [-0.15, -0.1) is 0 Å². The van der Waals surface area contributed by atoms with Gasteiger partial charge in [-0.1, -0.05) is 13.8 Å². The lowest BCUT2D eigenvalue weighted by Crippen LogP contribution is -2.31. The van der Waals surface area contributed by atoms with Gasteiger partial charge in [0.15, 0.2) is 5.78 Å². The summed E-state index contributed by atoms with van der Waals surface area (Å²) in [4.78, 5) is 14.7. The highest BCUT2D eigenvalue weighted by Crippen LogP contribution is 2.24. The first-order chi connectivity index (χ1) is 9.54. The number of nitrogens with zero attached hydrogens (tertiary/aromatic N) is 1. The number of carbonyl (C=O) groups is 1. The van der Waals surface area contributed by atoms with Gasteiger partial charge in [-0.2, -0.15) is 0 Å². The van der Waals surface area contributed by atoms with E-state index in [-0.39, 0.29) is 5.78 Å². The fraction of sp³-hybridized carbons (Fsp3) is 0.588. The molecule has 0 amide bonds. The molecule has 1 aromatic carbocycles. The highest BCUT2D eigenvalue weighted by molar-refractivity contribution is 5.99. The summed E-state index contributed by atoms with van der Waals surface area (Å²) in [5.74, 6) is 1.05. The van der Waals surface area contributed by atoms with Crippen LogP contribution in [-0.4, -0.2) is 37.4 Å². The lowest BCUT2D eigenvalue weighted by Gasteiger charge is -2.21. The second-order valence-corrected chi connectivity index (χ2v) is 5.26. The predicted octanol–water partition coefficient (Wildman–Crippen LogP) is 3.62. The van der Waals surface area contributed by atoms with Crippen molar-refractivity contribution in [3.8, 4) is 5.75 Å². The highest BCUT2D eigenvalue weighted by Gasteiger charge is 2.16. The fourth-order valence-corrected chi connectivity index (χ4v) is 2.51. The molecule has 0 aliphatic rings. The molecule has 1 rings (SSSR count). The van der Waals surface area contributed by atoms with Gasteiger partial charge in [-0.3, -0.25) is 9.69 Å². The maximum atomic E-state index is 12.5. The van der Waals surface area contributed by atoms with Gasteiger partial charge < -0.3 is 4.74 Å². The van der Waals surface area contributed by atoms with Gasteiger partial charge in [0, 0.05) is 5.56 Å². The Labute approximate surface area is 122 Å². The van der Waals surface area contributed by atoms with E-state index in [2.05, 4.69) is 18.7 Å². The highest BCUT2D eigenvalue weighted by atomic mass is 16.5. The topological polar surface area (TPSA) is 29.5 Å². The molecule has 3 nitrogen and oxygen atoms in total. The summed E-state index contributed by atoms with van der Waals surface area (Å²) in [6, 6.07) is 3.78. The van der Waals surface area contributed by atoms with E-state index >= 15 is 0 Å². The largest absolute Gasteiger partial charge is 0.496 e. The van der Waals surface area contributed by atoms with Crippen molar-refractivity contribution >= 4 is 5.78 Å². The van der Waals surface area contributed by atoms with Crippen molar-refractivity contribution in [3.05, 3.63) is 28.8 Å². The lowest BCUT2D eigenvalue weighted by atomic mass is 9.99. The molecule has 0 fully saturated rings. The minimum Gasteiger partial charge on any atom is -0.496 e. The van der Waals surface area contributed by atoms with Crippen molar-refractivity contribution in [1.82, 2.24) is 4.90 Å². The minimum absolute atomic E-state index is 0.204. The summed E-state index contributed by atoms with van der Waals surface area (Å²) in [7, 11) is 1.66. The Hall–Kier alpha value is -1.35. The Balaban J connectivity index is 2.89. The number of hydrogen-bond acceptors (Lipinski definition) is 3. The molecule has 0 bridgehead atoms. The Kier molecular flexibility index (Phi) is 6.73. The van der Waals surface area contributed by atoms with E-state index < -0.39 is 0 Å². The Morgan fingerprint density at radius 2 is 1.70 bits per heavy atom. The Bertz CT molecular complexity index is 449. The molecule has 0 radical (unpaired) electrons. The smallest absolute Gasteiger partial charge is 0.177 e. The number of Topliss-reactive ketones (excluding diaryl/α,β-unsaturated/α-hetero) is 1. The standard InChI is InChI=1S/C17H27NO2/c1-6-10-18(11-7-2)12-16(19)15-8-9-17(20-5)14(4)13(15)3/h8-9H,6-7,10-12H2,1-5H3. The number of carbonyl (C=O) groups excluding carboxylic acids is 1.